The molecule has 1 aliphatic rings. The number of ether oxygens (including phenoxy) is 1. The molecular weight excluding hydrogens is 228 g/mol. The monoisotopic (exact) mass is 250 g/mol. The smallest absolute Gasteiger partial charge is 0.125 e. The van der Waals surface area contributed by atoms with Gasteiger partial charge in [0.05, 0.1) is 6.61 Å². The fourth-order valence-corrected chi connectivity index (χ4v) is 3.17. The van der Waals surface area contributed by atoms with Gasteiger partial charge in [0.25, 0.3) is 0 Å². The molecule has 0 saturated heterocycles. The fourth-order valence-electron chi connectivity index (χ4n) is 2.84. The second-order valence-electron chi connectivity index (χ2n) is 4.95. The summed E-state index contributed by atoms with van der Waals surface area (Å²) >= 11 is 4.50. The lowest BCUT2D eigenvalue weighted by molar-refractivity contribution is 0.325. The third-order valence-electron chi connectivity index (χ3n) is 3.62. The van der Waals surface area contributed by atoms with Crippen LogP contribution in [-0.2, 0) is 0 Å². The van der Waals surface area contributed by atoms with Gasteiger partial charge in [0, 0.05) is 4.90 Å². The third kappa shape index (κ3) is 2.98. The minimum absolute atomic E-state index is 0.677. The Hall–Kier alpha value is -0.630. The first-order valence-corrected chi connectivity index (χ1v) is 7.13. The van der Waals surface area contributed by atoms with Gasteiger partial charge in [-0.15, -0.1) is 12.6 Å². The summed E-state index contributed by atoms with van der Waals surface area (Å²) in [4.78, 5) is 1.06. The summed E-state index contributed by atoms with van der Waals surface area (Å²) in [5.41, 5.74) is 2.61. The summed E-state index contributed by atoms with van der Waals surface area (Å²) in [7, 11) is 0. The number of benzene rings is 1. The van der Waals surface area contributed by atoms with Crippen molar-refractivity contribution in [2.45, 2.75) is 56.8 Å². The van der Waals surface area contributed by atoms with E-state index in [0.29, 0.717) is 5.92 Å². The number of hydrogen-bond acceptors (Lipinski definition) is 2. The lowest BCUT2D eigenvalue weighted by atomic mass is 9.83. The molecule has 0 unspecified atom stereocenters. The van der Waals surface area contributed by atoms with Crippen LogP contribution in [0.2, 0.25) is 0 Å². The molecule has 0 N–H and O–H groups in total. The van der Waals surface area contributed by atoms with Crippen molar-refractivity contribution in [1.29, 1.82) is 0 Å². The maximum atomic E-state index is 5.84. The van der Waals surface area contributed by atoms with Gasteiger partial charge in [0.2, 0.25) is 0 Å². The van der Waals surface area contributed by atoms with Gasteiger partial charge in [-0.1, -0.05) is 19.3 Å². The third-order valence-corrected chi connectivity index (χ3v) is 3.88. The van der Waals surface area contributed by atoms with Gasteiger partial charge in [0.15, 0.2) is 0 Å². The van der Waals surface area contributed by atoms with Gasteiger partial charge in [-0.05, 0) is 55.9 Å². The van der Waals surface area contributed by atoms with Crippen molar-refractivity contribution in [2.75, 3.05) is 6.61 Å². The summed E-state index contributed by atoms with van der Waals surface area (Å²) in [6.45, 7) is 4.92. The van der Waals surface area contributed by atoms with E-state index in [0.717, 1.165) is 17.3 Å². The highest BCUT2D eigenvalue weighted by Gasteiger charge is 2.20. The first kappa shape index (κ1) is 12.8. The van der Waals surface area contributed by atoms with Crippen molar-refractivity contribution >= 4 is 12.6 Å². The number of hydrogen-bond donors (Lipinski definition) is 1. The van der Waals surface area contributed by atoms with Gasteiger partial charge in [0.1, 0.15) is 5.75 Å². The average molecular weight is 250 g/mol. The van der Waals surface area contributed by atoms with Crippen molar-refractivity contribution in [1.82, 2.24) is 0 Å². The molecular formula is C15H22OS. The van der Waals surface area contributed by atoms with Crippen molar-refractivity contribution in [3.05, 3.63) is 23.3 Å². The zero-order chi connectivity index (χ0) is 12.3. The summed E-state index contributed by atoms with van der Waals surface area (Å²) in [5.74, 6) is 1.79. The summed E-state index contributed by atoms with van der Waals surface area (Å²) in [6, 6.07) is 4.30. The number of aryl methyl sites for hydroxylation is 1. The molecule has 1 aromatic carbocycles. The van der Waals surface area contributed by atoms with Crippen molar-refractivity contribution in [3.8, 4) is 5.75 Å². The van der Waals surface area contributed by atoms with Crippen LogP contribution in [0.3, 0.4) is 0 Å². The quantitative estimate of drug-likeness (QED) is 0.763. The van der Waals surface area contributed by atoms with E-state index < -0.39 is 0 Å². The molecule has 1 aromatic rings. The molecule has 0 radical (unpaired) electrons. The molecule has 1 aliphatic carbocycles. The second-order valence-corrected chi connectivity index (χ2v) is 5.47. The molecule has 94 valence electrons. The highest BCUT2D eigenvalue weighted by Crippen LogP contribution is 2.40. The average Bonchev–Trinajstić information content (AvgIpc) is 2.33. The predicted octanol–water partition coefficient (Wildman–Crippen LogP) is 4.73. The molecule has 1 nitrogen and oxygen atoms in total. The molecule has 0 aromatic heterocycles. The summed E-state index contributed by atoms with van der Waals surface area (Å²) < 4.78 is 5.84. The van der Waals surface area contributed by atoms with E-state index >= 15 is 0 Å². The Morgan fingerprint density at radius 1 is 1.24 bits per heavy atom. The van der Waals surface area contributed by atoms with Crippen LogP contribution in [0.25, 0.3) is 0 Å². The molecule has 0 bridgehead atoms. The van der Waals surface area contributed by atoms with Gasteiger partial charge < -0.3 is 4.74 Å². The van der Waals surface area contributed by atoms with E-state index in [4.69, 9.17) is 4.74 Å². The zero-order valence-electron chi connectivity index (χ0n) is 10.8. The lowest BCUT2D eigenvalue weighted by Crippen LogP contribution is -2.08. The summed E-state index contributed by atoms with van der Waals surface area (Å²) in [5, 5.41) is 0. The normalized spacial score (nSPS) is 17.1. The molecule has 0 aliphatic heterocycles. The standard InChI is InChI=1S/C15H22OS/c1-3-16-15-11(2)9-13(17)10-14(15)12-7-5-4-6-8-12/h9-10,12,17H,3-8H2,1-2H3. The maximum absolute atomic E-state index is 5.84. The van der Waals surface area contributed by atoms with E-state index in [9.17, 15) is 0 Å². The first-order valence-electron chi connectivity index (χ1n) is 6.68. The van der Waals surface area contributed by atoms with Crippen LogP contribution in [-0.4, -0.2) is 6.61 Å². The van der Waals surface area contributed by atoms with E-state index in [2.05, 4.69) is 38.6 Å². The van der Waals surface area contributed by atoms with Gasteiger partial charge in [-0.25, -0.2) is 0 Å². The molecule has 0 heterocycles. The molecule has 0 spiro atoms. The minimum Gasteiger partial charge on any atom is -0.493 e. The highest BCUT2D eigenvalue weighted by atomic mass is 32.1. The predicted molar refractivity (Wildman–Crippen MR) is 75.4 cm³/mol. The van der Waals surface area contributed by atoms with Crippen LogP contribution in [0.5, 0.6) is 5.75 Å². The van der Waals surface area contributed by atoms with Gasteiger partial charge in [-0.2, -0.15) is 0 Å². The Morgan fingerprint density at radius 2 is 1.94 bits per heavy atom. The minimum atomic E-state index is 0.677. The first-order chi connectivity index (χ1) is 8.22. The Bertz CT molecular complexity index is 381. The highest BCUT2D eigenvalue weighted by molar-refractivity contribution is 7.80. The van der Waals surface area contributed by atoms with Crippen molar-refractivity contribution < 1.29 is 4.74 Å². The SMILES string of the molecule is CCOc1c(C)cc(S)cc1C1CCCCC1. The fraction of sp³-hybridized carbons (Fsp3) is 0.600. The molecule has 2 rings (SSSR count). The van der Waals surface area contributed by atoms with Crippen LogP contribution in [0.1, 0.15) is 56.1 Å². The molecule has 2 heteroatoms. The zero-order valence-corrected chi connectivity index (χ0v) is 11.7. The van der Waals surface area contributed by atoms with Crippen molar-refractivity contribution in [2.24, 2.45) is 0 Å². The molecule has 1 fully saturated rings. The van der Waals surface area contributed by atoms with E-state index in [1.807, 2.05) is 0 Å². The van der Waals surface area contributed by atoms with E-state index in [1.165, 1.54) is 43.2 Å². The molecule has 0 amide bonds. The molecule has 17 heavy (non-hydrogen) atoms. The van der Waals surface area contributed by atoms with E-state index in [1.54, 1.807) is 0 Å². The van der Waals surface area contributed by atoms with Gasteiger partial charge in [-0.3, -0.25) is 0 Å². The van der Waals surface area contributed by atoms with Crippen LogP contribution < -0.4 is 4.74 Å². The maximum Gasteiger partial charge on any atom is 0.125 e. The topological polar surface area (TPSA) is 9.23 Å². The Morgan fingerprint density at radius 3 is 2.59 bits per heavy atom. The van der Waals surface area contributed by atoms with Crippen LogP contribution in [0, 0.1) is 6.92 Å². The second kappa shape index (κ2) is 5.81. The molecule has 0 atom stereocenters. The van der Waals surface area contributed by atoms with Crippen LogP contribution >= 0.6 is 12.6 Å². The van der Waals surface area contributed by atoms with E-state index in [-0.39, 0.29) is 0 Å². The lowest BCUT2D eigenvalue weighted by Gasteiger charge is -2.25. The van der Waals surface area contributed by atoms with Crippen molar-refractivity contribution in [3.63, 3.8) is 0 Å². The van der Waals surface area contributed by atoms with Crippen LogP contribution in [0.4, 0.5) is 0 Å². The summed E-state index contributed by atoms with van der Waals surface area (Å²) in [6.07, 6.45) is 6.70. The van der Waals surface area contributed by atoms with Crippen LogP contribution in [0.15, 0.2) is 17.0 Å². The Labute approximate surface area is 110 Å². The Kier molecular flexibility index (Phi) is 4.38. The number of rotatable bonds is 3. The van der Waals surface area contributed by atoms with Gasteiger partial charge >= 0.3 is 0 Å². The Balaban J connectivity index is 2.35. The molecule has 1 saturated carbocycles. The largest absolute Gasteiger partial charge is 0.493 e. The number of thiol groups is 1.